The Balaban J connectivity index is 1.34. The van der Waals surface area contributed by atoms with Crippen molar-refractivity contribution < 1.29 is 9.59 Å². The van der Waals surface area contributed by atoms with E-state index in [-0.39, 0.29) is 11.8 Å². The van der Waals surface area contributed by atoms with E-state index in [1.807, 2.05) is 0 Å². The Morgan fingerprint density at radius 3 is 1.25 bits per heavy atom. The molecule has 0 radical (unpaired) electrons. The van der Waals surface area contributed by atoms with Gasteiger partial charge in [0.05, 0.1) is 0 Å². The molecule has 0 aromatic carbocycles. The van der Waals surface area contributed by atoms with Crippen LogP contribution in [0.1, 0.15) is 52.4 Å². The average molecular weight is 453 g/mol. The minimum atomic E-state index is 0.172. The van der Waals surface area contributed by atoms with Gasteiger partial charge in [-0.3, -0.25) is 9.59 Å². The first kappa shape index (κ1) is 27.0. The minimum absolute atomic E-state index is 0.172. The topological polar surface area (TPSA) is 71.2 Å². The van der Waals surface area contributed by atoms with Crippen LogP contribution < -0.4 is 10.6 Å². The SMILES string of the molecule is CCN1CCN(CCC(=O)NCCCCCCNC(=O)CCN2CCN(CC)CC2)CC1. The minimum Gasteiger partial charge on any atom is -0.356 e. The zero-order valence-electron chi connectivity index (χ0n) is 20.7. The van der Waals surface area contributed by atoms with E-state index in [4.69, 9.17) is 0 Å². The molecule has 2 saturated heterocycles. The molecule has 0 unspecified atom stereocenters. The molecule has 2 fully saturated rings. The van der Waals surface area contributed by atoms with E-state index in [9.17, 15) is 9.59 Å². The van der Waals surface area contributed by atoms with E-state index in [0.717, 1.165) is 117 Å². The number of likely N-dealkylation sites (N-methyl/N-ethyl adjacent to an activating group) is 2. The molecule has 0 aromatic heterocycles. The molecule has 2 heterocycles. The molecule has 2 amide bonds. The quantitative estimate of drug-likeness (QED) is 0.359. The van der Waals surface area contributed by atoms with Crippen LogP contribution in [0, 0.1) is 0 Å². The van der Waals surface area contributed by atoms with Gasteiger partial charge in [0.2, 0.25) is 11.8 Å². The van der Waals surface area contributed by atoms with Gasteiger partial charge in [-0.1, -0.05) is 26.7 Å². The molecule has 186 valence electrons. The number of carbonyl (C=O) groups excluding carboxylic acids is 2. The molecule has 8 heteroatoms. The smallest absolute Gasteiger partial charge is 0.221 e. The van der Waals surface area contributed by atoms with Crippen molar-refractivity contribution in [3.05, 3.63) is 0 Å². The van der Waals surface area contributed by atoms with Crippen LogP contribution in [-0.2, 0) is 9.59 Å². The molecule has 0 aromatic rings. The van der Waals surface area contributed by atoms with Gasteiger partial charge < -0.3 is 30.2 Å². The largest absolute Gasteiger partial charge is 0.356 e. The van der Waals surface area contributed by atoms with Crippen molar-refractivity contribution in [2.75, 3.05) is 91.6 Å². The monoisotopic (exact) mass is 452 g/mol. The molecule has 2 N–H and O–H groups in total. The van der Waals surface area contributed by atoms with Crippen LogP contribution >= 0.6 is 0 Å². The van der Waals surface area contributed by atoms with Gasteiger partial charge in [-0.05, 0) is 25.9 Å². The number of rotatable bonds is 15. The summed E-state index contributed by atoms with van der Waals surface area (Å²) in [4.78, 5) is 33.7. The first-order valence-electron chi connectivity index (χ1n) is 13.0. The summed E-state index contributed by atoms with van der Waals surface area (Å²) in [5.74, 6) is 0.345. The fourth-order valence-electron chi connectivity index (χ4n) is 4.41. The molecular formula is C24H48N6O2. The molecule has 2 aliphatic rings. The Morgan fingerprint density at radius 2 is 0.906 bits per heavy atom. The van der Waals surface area contributed by atoms with Gasteiger partial charge in [-0.15, -0.1) is 0 Å². The molecule has 32 heavy (non-hydrogen) atoms. The standard InChI is InChI=1S/C24H48N6O2/c1-3-27-15-19-29(20-16-27)13-9-23(31)25-11-7-5-6-8-12-26-24(32)10-14-30-21-17-28(4-2)18-22-30/h3-22H2,1-2H3,(H,25,31)(H,26,32). The van der Waals surface area contributed by atoms with Crippen LogP contribution in [0.25, 0.3) is 0 Å². The van der Waals surface area contributed by atoms with Crippen LogP contribution in [0.4, 0.5) is 0 Å². The second kappa shape index (κ2) is 16.4. The maximum absolute atomic E-state index is 12.0. The maximum atomic E-state index is 12.0. The number of nitrogens with zero attached hydrogens (tertiary/aromatic N) is 4. The van der Waals surface area contributed by atoms with Gasteiger partial charge in [-0.2, -0.15) is 0 Å². The van der Waals surface area contributed by atoms with Crippen LogP contribution in [0.2, 0.25) is 0 Å². The van der Waals surface area contributed by atoms with Gasteiger partial charge >= 0.3 is 0 Å². The number of carbonyl (C=O) groups is 2. The molecule has 0 saturated carbocycles. The highest BCUT2D eigenvalue weighted by atomic mass is 16.2. The molecule has 2 rings (SSSR count). The highest BCUT2D eigenvalue weighted by molar-refractivity contribution is 5.76. The third kappa shape index (κ3) is 11.6. The predicted molar refractivity (Wildman–Crippen MR) is 131 cm³/mol. The fourth-order valence-corrected chi connectivity index (χ4v) is 4.41. The average Bonchev–Trinajstić information content (AvgIpc) is 2.83. The highest BCUT2D eigenvalue weighted by Crippen LogP contribution is 2.03. The van der Waals surface area contributed by atoms with Crippen LogP contribution in [0.3, 0.4) is 0 Å². The zero-order valence-corrected chi connectivity index (χ0v) is 20.7. The number of unbranched alkanes of at least 4 members (excludes halogenated alkanes) is 3. The number of hydrogen-bond donors (Lipinski definition) is 2. The summed E-state index contributed by atoms with van der Waals surface area (Å²) in [5, 5.41) is 6.10. The second-order valence-corrected chi connectivity index (χ2v) is 9.17. The summed E-state index contributed by atoms with van der Waals surface area (Å²) in [6.07, 6.45) is 5.42. The first-order chi connectivity index (χ1) is 15.6. The lowest BCUT2D eigenvalue weighted by Gasteiger charge is -2.33. The Morgan fingerprint density at radius 1 is 0.562 bits per heavy atom. The predicted octanol–water partition coefficient (Wildman–Crippen LogP) is 0.834. The number of nitrogens with one attached hydrogen (secondary N) is 2. The zero-order chi connectivity index (χ0) is 23.0. The summed E-state index contributed by atoms with van der Waals surface area (Å²) < 4.78 is 0. The van der Waals surface area contributed by atoms with Crippen LogP contribution in [0.15, 0.2) is 0 Å². The van der Waals surface area contributed by atoms with Crippen molar-refractivity contribution in [3.63, 3.8) is 0 Å². The lowest BCUT2D eigenvalue weighted by molar-refractivity contribution is -0.122. The summed E-state index contributed by atoms with van der Waals surface area (Å²) in [7, 11) is 0. The van der Waals surface area contributed by atoms with Gasteiger partial charge in [-0.25, -0.2) is 0 Å². The van der Waals surface area contributed by atoms with Crippen molar-refractivity contribution in [3.8, 4) is 0 Å². The number of amides is 2. The lowest BCUT2D eigenvalue weighted by atomic mass is 10.2. The highest BCUT2D eigenvalue weighted by Gasteiger charge is 2.17. The van der Waals surface area contributed by atoms with Crippen LogP contribution in [0.5, 0.6) is 0 Å². The molecule has 0 atom stereocenters. The second-order valence-electron chi connectivity index (χ2n) is 9.17. The van der Waals surface area contributed by atoms with Gasteiger partial charge in [0.15, 0.2) is 0 Å². The number of hydrogen-bond acceptors (Lipinski definition) is 6. The van der Waals surface area contributed by atoms with Crippen molar-refractivity contribution in [2.45, 2.75) is 52.4 Å². The van der Waals surface area contributed by atoms with Gasteiger partial charge in [0.25, 0.3) is 0 Å². The Hall–Kier alpha value is -1.22. The van der Waals surface area contributed by atoms with E-state index in [0.29, 0.717) is 12.8 Å². The Kier molecular flexibility index (Phi) is 13.9. The number of piperazine rings is 2. The molecule has 0 bridgehead atoms. The molecular weight excluding hydrogens is 404 g/mol. The van der Waals surface area contributed by atoms with Crippen LogP contribution in [-0.4, -0.2) is 123 Å². The van der Waals surface area contributed by atoms with Gasteiger partial charge in [0.1, 0.15) is 0 Å². The fraction of sp³-hybridized carbons (Fsp3) is 0.917. The summed E-state index contributed by atoms with van der Waals surface area (Å²) in [6.45, 7) is 18.7. The van der Waals surface area contributed by atoms with E-state index < -0.39 is 0 Å². The summed E-state index contributed by atoms with van der Waals surface area (Å²) >= 11 is 0. The lowest BCUT2D eigenvalue weighted by Crippen LogP contribution is -2.47. The third-order valence-electron chi connectivity index (χ3n) is 6.88. The van der Waals surface area contributed by atoms with Gasteiger partial charge in [0, 0.05) is 91.4 Å². The maximum Gasteiger partial charge on any atom is 0.221 e. The Labute approximate surface area is 196 Å². The van der Waals surface area contributed by atoms with E-state index in [1.54, 1.807) is 0 Å². The van der Waals surface area contributed by atoms with E-state index >= 15 is 0 Å². The molecule has 0 spiro atoms. The Bertz CT molecular complexity index is 471. The molecule has 8 nitrogen and oxygen atoms in total. The summed E-state index contributed by atoms with van der Waals surface area (Å²) in [5.41, 5.74) is 0. The molecule has 2 aliphatic heterocycles. The van der Waals surface area contributed by atoms with Crippen molar-refractivity contribution in [2.24, 2.45) is 0 Å². The van der Waals surface area contributed by atoms with E-state index in [2.05, 4.69) is 44.1 Å². The van der Waals surface area contributed by atoms with Crippen molar-refractivity contribution in [1.82, 2.24) is 30.2 Å². The van der Waals surface area contributed by atoms with E-state index in [1.165, 1.54) is 0 Å². The molecule has 0 aliphatic carbocycles. The van der Waals surface area contributed by atoms with Crippen molar-refractivity contribution >= 4 is 11.8 Å². The third-order valence-corrected chi connectivity index (χ3v) is 6.88. The van der Waals surface area contributed by atoms with Crippen molar-refractivity contribution in [1.29, 1.82) is 0 Å². The normalized spacial score (nSPS) is 19.2. The summed E-state index contributed by atoms with van der Waals surface area (Å²) in [6, 6.07) is 0. The first-order valence-corrected chi connectivity index (χ1v) is 13.0.